The van der Waals surface area contributed by atoms with Crippen LogP contribution in [0.1, 0.15) is 103 Å². The van der Waals surface area contributed by atoms with E-state index in [-0.39, 0.29) is 17.3 Å². The van der Waals surface area contributed by atoms with Crippen LogP contribution in [0.5, 0.6) is 0 Å². The lowest BCUT2D eigenvalue weighted by Crippen LogP contribution is -2.90. The highest BCUT2D eigenvalue weighted by molar-refractivity contribution is 7.88. The molecule has 1 atom stereocenters. The molecule has 0 saturated heterocycles. The second-order valence-electron chi connectivity index (χ2n) is 12.0. The van der Waals surface area contributed by atoms with Crippen LogP contribution in [0.15, 0.2) is 0 Å². The van der Waals surface area contributed by atoms with Gasteiger partial charge in [-0.25, -0.2) is 0 Å². The molecule has 0 aromatic rings. The van der Waals surface area contributed by atoms with Gasteiger partial charge in [0.2, 0.25) is 6.87 Å². The molecule has 198 valence electrons. The summed E-state index contributed by atoms with van der Waals surface area (Å²) in [7, 11) is -5.26. The van der Waals surface area contributed by atoms with Crippen LogP contribution in [0, 0.1) is 11.3 Å². The molecule has 1 unspecified atom stereocenters. The predicted octanol–water partition coefficient (Wildman–Crippen LogP) is 9.70. The molecule has 6 heteroatoms. The van der Waals surface area contributed by atoms with Gasteiger partial charge in [-0.1, -0.05) is 144 Å². The third-order valence-electron chi connectivity index (χ3n) is 10.3. The molecule has 0 aliphatic heterocycles. The standard InChI is InChI=1S/C27H62O2Si4/c1-14-25(24-27(11,12)13)26(28)29-33(30(15-2,16-3)17-4,31(18-5,19-6)20-7)32(21-8,22-9)23-10/h25H,14-24H2,1-13H3. The highest BCUT2D eigenvalue weighted by atomic mass is 29.9. The van der Waals surface area contributed by atoms with Crippen molar-refractivity contribution >= 4 is 35.6 Å². The monoisotopic (exact) mass is 530 g/mol. The molecule has 0 amide bonds. The van der Waals surface area contributed by atoms with E-state index in [1.54, 1.807) is 0 Å². The molecule has 0 aromatic carbocycles. The van der Waals surface area contributed by atoms with E-state index in [9.17, 15) is 4.79 Å². The number of hydrogen-bond acceptors (Lipinski definition) is 2. The van der Waals surface area contributed by atoms with Gasteiger partial charge in [-0.2, -0.15) is 0 Å². The number of carbonyl (C=O) groups excluding carboxylic acids is 1. The Morgan fingerprint density at radius 1 is 0.606 bits per heavy atom. The van der Waals surface area contributed by atoms with Crippen molar-refractivity contribution in [1.82, 2.24) is 0 Å². The van der Waals surface area contributed by atoms with Gasteiger partial charge in [0, 0.05) is 0 Å². The quantitative estimate of drug-likeness (QED) is 0.186. The van der Waals surface area contributed by atoms with Crippen molar-refractivity contribution in [2.24, 2.45) is 11.3 Å². The van der Waals surface area contributed by atoms with Crippen LogP contribution in [0.2, 0.25) is 54.4 Å². The van der Waals surface area contributed by atoms with Crippen molar-refractivity contribution in [2.75, 3.05) is 0 Å². The van der Waals surface area contributed by atoms with E-state index in [2.05, 4.69) is 90.0 Å². The Morgan fingerprint density at radius 2 is 0.879 bits per heavy atom. The molecule has 33 heavy (non-hydrogen) atoms. The van der Waals surface area contributed by atoms with Crippen LogP contribution >= 0.6 is 0 Å². The first-order chi connectivity index (χ1) is 15.3. The fourth-order valence-electron chi connectivity index (χ4n) is 7.87. The van der Waals surface area contributed by atoms with Crippen LogP contribution < -0.4 is 0 Å². The molecule has 0 N–H and O–H groups in total. The van der Waals surface area contributed by atoms with Gasteiger partial charge in [-0.05, 0) is 18.3 Å². The molecule has 2 nitrogen and oxygen atoms in total. The molecule has 0 fully saturated rings. The minimum absolute atomic E-state index is 0.0590. The summed E-state index contributed by atoms with van der Waals surface area (Å²) in [5.41, 5.74) is 0.155. The van der Waals surface area contributed by atoms with Crippen LogP contribution in [-0.2, 0) is 9.22 Å². The Morgan fingerprint density at radius 3 is 1.06 bits per heavy atom. The summed E-state index contributed by atoms with van der Waals surface area (Å²) in [4.78, 5) is 14.3. The van der Waals surface area contributed by atoms with Gasteiger partial charge >= 0.3 is 0 Å². The van der Waals surface area contributed by atoms with E-state index < -0.39 is 29.6 Å². The molecular formula is C27H62O2Si4. The molecular weight excluding hydrogens is 469 g/mol. The second kappa shape index (κ2) is 13.6. The lowest BCUT2D eigenvalue weighted by Gasteiger charge is -2.63. The summed E-state index contributed by atoms with van der Waals surface area (Å²) in [5.74, 6) is 0.287. The van der Waals surface area contributed by atoms with Crippen molar-refractivity contribution in [3.63, 3.8) is 0 Å². The topological polar surface area (TPSA) is 26.3 Å². The fraction of sp³-hybridized carbons (Fsp3) is 0.963. The molecule has 0 bridgehead atoms. The van der Waals surface area contributed by atoms with Crippen LogP contribution in [0.4, 0.5) is 0 Å². The lowest BCUT2D eigenvalue weighted by atomic mass is 9.83. The largest absolute Gasteiger partial charge is 0.527 e. The zero-order chi connectivity index (χ0) is 26.1. The Balaban J connectivity index is 7.53. The summed E-state index contributed by atoms with van der Waals surface area (Å²) >= 11 is 0. The summed E-state index contributed by atoms with van der Waals surface area (Å²) in [5, 5.41) is 0. The Bertz CT molecular complexity index is 498. The van der Waals surface area contributed by atoms with Crippen LogP contribution in [-0.4, -0.2) is 35.6 Å². The van der Waals surface area contributed by atoms with Crippen molar-refractivity contribution in [1.29, 1.82) is 0 Å². The number of rotatable bonds is 16. The van der Waals surface area contributed by atoms with Gasteiger partial charge in [0.05, 0.1) is 28.7 Å². The summed E-state index contributed by atoms with van der Waals surface area (Å²) in [6.45, 7) is 29.2. The highest BCUT2D eigenvalue weighted by Crippen LogP contribution is 2.51. The minimum atomic E-state index is -2.29. The maximum atomic E-state index is 14.3. The van der Waals surface area contributed by atoms with E-state index in [0.29, 0.717) is 0 Å². The van der Waals surface area contributed by atoms with Gasteiger partial charge in [0.25, 0.3) is 5.97 Å². The van der Waals surface area contributed by atoms with E-state index in [1.165, 1.54) is 54.4 Å². The average molecular weight is 531 g/mol. The van der Waals surface area contributed by atoms with Crippen molar-refractivity contribution < 1.29 is 9.22 Å². The number of carbonyl (C=O) groups is 1. The molecule has 0 radical (unpaired) electrons. The zero-order valence-electron chi connectivity index (χ0n) is 25.2. The third-order valence-corrected chi connectivity index (χ3v) is 80.0. The second-order valence-corrected chi connectivity index (χ2v) is 48.0. The summed E-state index contributed by atoms with van der Waals surface area (Å²) in [6, 6.07) is 11.9. The summed E-state index contributed by atoms with van der Waals surface area (Å²) < 4.78 is 7.64. The number of hydrogen-bond donors (Lipinski definition) is 0. The third kappa shape index (κ3) is 6.02. The van der Waals surface area contributed by atoms with Crippen molar-refractivity contribution in [2.45, 2.75) is 157 Å². The molecule has 0 rings (SSSR count). The minimum Gasteiger partial charge on any atom is -0.527 e. The first kappa shape index (κ1) is 33.3. The van der Waals surface area contributed by atoms with Crippen LogP contribution in [0.25, 0.3) is 0 Å². The smallest absolute Gasteiger partial charge is 0.295 e. The predicted molar refractivity (Wildman–Crippen MR) is 161 cm³/mol. The molecule has 0 heterocycles. The van der Waals surface area contributed by atoms with Gasteiger partial charge in [-0.3, -0.25) is 4.79 Å². The molecule has 0 saturated carbocycles. The van der Waals surface area contributed by atoms with E-state index >= 15 is 0 Å². The summed E-state index contributed by atoms with van der Waals surface area (Å²) in [6.07, 6.45) is 1.86. The van der Waals surface area contributed by atoms with Gasteiger partial charge in [0.1, 0.15) is 0 Å². The Labute approximate surface area is 213 Å². The Hall–Kier alpha value is 0.338. The maximum absolute atomic E-state index is 14.3. The SMILES string of the molecule is CCC(CC(C)(C)C)C(=O)O[Si]([Si](CC)(CC)CC)([Si](CC)(CC)CC)[Si](CC)(CC)CC. The first-order valence-corrected chi connectivity index (χ1v) is 27.3. The highest BCUT2D eigenvalue weighted by Gasteiger charge is 2.74. The lowest BCUT2D eigenvalue weighted by molar-refractivity contribution is -0.140. The van der Waals surface area contributed by atoms with Crippen LogP contribution in [0.3, 0.4) is 0 Å². The van der Waals surface area contributed by atoms with Gasteiger partial charge in [-0.15, -0.1) is 0 Å². The normalized spacial score (nSPS) is 14.9. The average Bonchev–Trinajstić information content (AvgIpc) is 2.81. The molecule has 0 spiro atoms. The van der Waals surface area contributed by atoms with Crippen molar-refractivity contribution in [3.05, 3.63) is 0 Å². The maximum Gasteiger partial charge on any atom is 0.295 e. The van der Waals surface area contributed by atoms with E-state index in [1.807, 2.05) is 0 Å². The molecule has 0 aliphatic rings. The van der Waals surface area contributed by atoms with Gasteiger partial charge < -0.3 is 4.43 Å². The van der Waals surface area contributed by atoms with Gasteiger partial charge in [0.15, 0.2) is 0 Å². The zero-order valence-corrected chi connectivity index (χ0v) is 29.2. The van der Waals surface area contributed by atoms with Crippen molar-refractivity contribution in [3.8, 4) is 0 Å². The van der Waals surface area contributed by atoms with E-state index in [4.69, 9.17) is 4.43 Å². The Kier molecular flexibility index (Phi) is 13.7. The first-order valence-electron chi connectivity index (χ1n) is 14.6. The molecule has 0 aromatic heterocycles. The van der Waals surface area contributed by atoms with E-state index in [0.717, 1.165) is 12.8 Å². The molecule has 0 aliphatic carbocycles. The fourth-order valence-corrected chi connectivity index (χ4v) is 107.